The van der Waals surface area contributed by atoms with E-state index in [1.54, 1.807) is 0 Å². The average Bonchev–Trinajstić information content (AvgIpc) is 2.26. The van der Waals surface area contributed by atoms with Gasteiger partial charge in [-0.05, 0) is 29.5 Å². The van der Waals surface area contributed by atoms with Gasteiger partial charge < -0.3 is 10.4 Å². The Bertz CT molecular complexity index is 402. The lowest BCUT2D eigenvalue weighted by atomic mass is 9.86. The van der Waals surface area contributed by atoms with E-state index < -0.39 is 0 Å². The van der Waals surface area contributed by atoms with Gasteiger partial charge in [-0.1, -0.05) is 46.8 Å². The van der Waals surface area contributed by atoms with Crippen LogP contribution in [0.3, 0.4) is 0 Å². The van der Waals surface area contributed by atoms with Gasteiger partial charge in [-0.2, -0.15) is 0 Å². The Kier molecular flexibility index (Phi) is 4.44. The van der Waals surface area contributed by atoms with E-state index >= 15 is 0 Å². The number of benzene rings is 1. The largest absolute Gasteiger partial charge is 0.396 e. The summed E-state index contributed by atoms with van der Waals surface area (Å²) in [6.45, 7) is 13.9. The second-order valence-corrected chi connectivity index (χ2v) is 6.96. The molecule has 0 unspecified atom stereocenters. The van der Waals surface area contributed by atoms with Crippen LogP contribution in [0.15, 0.2) is 18.2 Å². The van der Waals surface area contributed by atoms with E-state index in [4.69, 9.17) is 0 Å². The highest BCUT2D eigenvalue weighted by atomic mass is 16.3. The second-order valence-electron chi connectivity index (χ2n) is 6.96. The van der Waals surface area contributed by atoms with Crippen molar-refractivity contribution in [1.29, 1.82) is 0 Å². The lowest BCUT2D eigenvalue weighted by Gasteiger charge is -2.25. The number of hydrogen-bond donors (Lipinski definition) is 2. The predicted molar refractivity (Wildman–Crippen MR) is 79.2 cm³/mol. The van der Waals surface area contributed by atoms with E-state index in [2.05, 4.69) is 65.1 Å². The third-order valence-corrected chi connectivity index (χ3v) is 3.28. The molecule has 2 heteroatoms. The molecule has 0 aliphatic carbocycles. The van der Waals surface area contributed by atoms with Gasteiger partial charge in [0, 0.05) is 24.3 Å². The molecule has 2 N–H and O–H groups in total. The Balaban J connectivity index is 2.81. The minimum atomic E-state index is -0.0882. The third kappa shape index (κ3) is 4.02. The number of aryl methyl sites for hydroxylation is 1. The maximum atomic E-state index is 9.25. The van der Waals surface area contributed by atoms with Crippen LogP contribution in [-0.4, -0.2) is 18.3 Å². The molecule has 0 radical (unpaired) electrons. The SMILES string of the molecule is Cc1cc(C(C)(C)C)ccc1NCC(C)(C)CO. The van der Waals surface area contributed by atoms with E-state index in [1.807, 2.05) is 0 Å². The smallest absolute Gasteiger partial charge is 0.0498 e. The Morgan fingerprint density at radius 3 is 2.17 bits per heavy atom. The topological polar surface area (TPSA) is 32.3 Å². The fourth-order valence-corrected chi connectivity index (χ4v) is 1.72. The molecule has 0 fully saturated rings. The number of anilines is 1. The molecule has 1 aromatic carbocycles. The van der Waals surface area contributed by atoms with E-state index in [9.17, 15) is 5.11 Å². The van der Waals surface area contributed by atoms with Gasteiger partial charge in [0.1, 0.15) is 0 Å². The monoisotopic (exact) mass is 249 g/mol. The zero-order chi connectivity index (χ0) is 14.0. The highest BCUT2D eigenvalue weighted by Crippen LogP contribution is 2.27. The average molecular weight is 249 g/mol. The lowest BCUT2D eigenvalue weighted by Crippen LogP contribution is -2.27. The summed E-state index contributed by atoms with van der Waals surface area (Å²) in [7, 11) is 0. The summed E-state index contributed by atoms with van der Waals surface area (Å²) in [6, 6.07) is 6.57. The molecule has 0 spiro atoms. The molecule has 0 bridgehead atoms. The maximum absolute atomic E-state index is 9.25. The predicted octanol–water partition coefficient (Wildman–Crippen LogP) is 3.72. The first-order chi connectivity index (χ1) is 8.15. The van der Waals surface area contributed by atoms with E-state index in [-0.39, 0.29) is 17.4 Å². The molecule has 0 saturated heterocycles. The van der Waals surface area contributed by atoms with Gasteiger partial charge in [-0.15, -0.1) is 0 Å². The molecule has 0 saturated carbocycles. The first-order valence-corrected chi connectivity index (χ1v) is 6.61. The maximum Gasteiger partial charge on any atom is 0.0498 e. The van der Waals surface area contributed by atoms with Gasteiger partial charge >= 0.3 is 0 Å². The van der Waals surface area contributed by atoms with Crippen LogP contribution in [0.4, 0.5) is 5.69 Å². The zero-order valence-electron chi connectivity index (χ0n) is 12.6. The first kappa shape index (κ1) is 15.0. The van der Waals surface area contributed by atoms with Gasteiger partial charge in [0.25, 0.3) is 0 Å². The summed E-state index contributed by atoms with van der Waals surface area (Å²) in [5, 5.41) is 12.7. The summed E-state index contributed by atoms with van der Waals surface area (Å²) in [6.07, 6.45) is 0. The molecule has 0 aromatic heterocycles. The molecule has 1 aromatic rings. The van der Waals surface area contributed by atoms with Gasteiger partial charge in [-0.25, -0.2) is 0 Å². The Morgan fingerprint density at radius 2 is 1.72 bits per heavy atom. The van der Waals surface area contributed by atoms with E-state index in [0.29, 0.717) is 0 Å². The second kappa shape index (κ2) is 5.31. The van der Waals surface area contributed by atoms with Crippen LogP contribution in [0.2, 0.25) is 0 Å². The standard InChI is InChI=1S/C16H27NO/c1-12-9-13(15(2,3)4)7-8-14(12)17-10-16(5,6)11-18/h7-9,17-18H,10-11H2,1-6H3. The van der Waals surface area contributed by atoms with E-state index in [0.717, 1.165) is 12.2 Å². The summed E-state index contributed by atoms with van der Waals surface area (Å²) < 4.78 is 0. The molecule has 0 aliphatic heterocycles. The summed E-state index contributed by atoms with van der Waals surface area (Å²) in [5.41, 5.74) is 3.87. The molecule has 18 heavy (non-hydrogen) atoms. The van der Waals surface area contributed by atoms with Gasteiger partial charge in [0.2, 0.25) is 0 Å². The minimum absolute atomic E-state index is 0.0882. The molecule has 0 amide bonds. The third-order valence-electron chi connectivity index (χ3n) is 3.28. The van der Waals surface area contributed by atoms with Gasteiger partial charge in [0.05, 0.1) is 0 Å². The van der Waals surface area contributed by atoms with Crippen LogP contribution < -0.4 is 5.32 Å². The normalized spacial score (nSPS) is 12.6. The van der Waals surface area contributed by atoms with Crippen molar-refractivity contribution in [2.45, 2.75) is 47.0 Å². The Labute approximate surface area is 111 Å². The van der Waals surface area contributed by atoms with Crippen molar-refractivity contribution in [2.24, 2.45) is 5.41 Å². The first-order valence-electron chi connectivity index (χ1n) is 6.61. The molecular weight excluding hydrogens is 222 g/mol. The quantitative estimate of drug-likeness (QED) is 0.852. The molecule has 102 valence electrons. The van der Waals surface area contributed by atoms with Crippen LogP contribution in [0.1, 0.15) is 45.7 Å². The lowest BCUT2D eigenvalue weighted by molar-refractivity contribution is 0.171. The minimum Gasteiger partial charge on any atom is -0.396 e. The Hall–Kier alpha value is -1.02. The van der Waals surface area contributed by atoms with E-state index in [1.165, 1.54) is 11.1 Å². The van der Waals surface area contributed by atoms with Crippen molar-refractivity contribution in [3.05, 3.63) is 29.3 Å². The van der Waals surface area contributed by atoms with Crippen LogP contribution in [0.25, 0.3) is 0 Å². The summed E-state index contributed by atoms with van der Waals surface area (Å²) >= 11 is 0. The Morgan fingerprint density at radius 1 is 1.11 bits per heavy atom. The van der Waals surface area contributed by atoms with Gasteiger partial charge in [0.15, 0.2) is 0 Å². The number of nitrogens with one attached hydrogen (secondary N) is 1. The van der Waals surface area contributed by atoms with Crippen molar-refractivity contribution >= 4 is 5.69 Å². The van der Waals surface area contributed by atoms with Crippen molar-refractivity contribution in [3.8, 4) is 0 Å². The number of hydrogen-bond acceptors (Lipinski definition) is 2. The molecule has 2 nitrogen and oxygen atoms in total. The van der Waals surface area contributed by atoms with Crippen LogP contribution in [0, 0.1) is 12.3 Å². The number of aliphatic hydroxyl groups is 1. The molecular formula is C16H27NO. The highest BCUT2D eigenvalue weighted by Gasteiger charge is 2.17. The fraction of sp³-hybridized carbons (Fsp3) is 0.625. The molecule has 0 heterocycles. The van der Waals surface area contributed by atoms with Gasteiger partial charge in [-0.3, -0.25) is 0 Å². The number of rotatable bonds is 4. The van der Waals surface area contributed by atoms with Crippen molar-refractivity contribution in [3.63, 3.8) is 0 Å². The van der Waals surface area contributed by atoms with Crippen molar-refractivity contribution in [2.75, 3.05) is 18.5 Å². The molecule has 1 rings (SSSR count). The molecule has 0 atom stereocenters. The van der Waals surface area contributed by atoms with Crippen molar-refractivity contribution < 1.29 is 5.11 Å². The van der Waals surface area contributed by atoms with Crippen LogP contribution in [0.5, 0.6) is 0 Å². The highest BCUT2D eigenvalue weighted by molar-refractivity contribution is 5.53. The number of aliphatic hydroxyl groups excluding tert-OH is 1. The van der Waals surface area contributed by atoms with Crippen LogP contribution in [-0.2, 0) is 5.41 Å². The summed E-state index contributed by atoms with van der Waals surface area (Å²) in [4.78, 5) is 0. The molecule has 0 aliphatic rings. The fourth-order valence-electron chi connectivity index (χ4n) is 1.72. The van der Waals surface area contributed by atoms with Crippen molar-refractivity contribution in [1.82, 2.24) is 0 Å². The zero-order valence-corrected chi connectivity index (χ0v) is 12.6. The summed E-state index contributed by atoms with van der Waals surface area (Å²) in [5.74, 6) is 0. The van der Waals surface area contributed by atoms with Crippen LogP contribution >= 0.6 is 0 Å².